The fourth-order valence-electron chi connectivity index (χ4n) is 12.4. The molecular weight excluding hydrogens is 847 g/mol. The van der Waals surface area contributed by atoms with Crippen molar-refractivity contribution in [3.05, 3.63) is 317 Å². The zero-order valence-electron chi connectivity index (χ0n) is 38.3. The lowest BCUT2D eigenvalue weighted by Crippen LogP contribution is -2.32. The van der Waals surface area contributed by atoms with Gasteiger partial charge in [-0.15, -0.1) is 0 Å². The number of rotatable bonds is 7. The first-order valence-corrected chi connectivity index (χ1v) is 24.2. The minimum absolute atomic E-state index is 0.423. The third-order valence-corrected chi connectivity index (χ3v) is 15.2. The standard InChI is InChI=1S/C68H45NO/c1-4-21-49(22-5-1)67(50-23-6-2-7-24-50)58-31-12-10-28-55(58)57-45-47(40-43-60(57)67)46-38-41-52(42-39-46)69(51-25-8-3-9-26-51)53-27-18-20-48(44-53)54-30-19-35-63-66(54)56-29-11-13-32-59(56)68(63)61-33-14-16-36-64(61)70-65-37-17-15-34-62(65)68/h1-45H. The molecule has 14 rings (SSSR count). The molecule has 0 atom stereocenters. The van der Waals surface area contributed by atoms with Gasteiger partial charge in [0, 0.05) is 28.2 Å². The second kappa shape index (κ2) is 15.8. The van der Waals surface area contributed by atoms with E-state index in [0.717, 1.165) is 34.1 Å². The minimum atomic E-state index is -0.530. The van der Waals surface area contributed by atoms with E-state index < -0.39 is 10.8 Å². The number of para-hydroxylation sites is 3. The molecule has 1 spiro atoms. The first-order chi connectivity index (χ1) is 34.7. The van der Waals surface area contributed by atoms with Gasteiger partial charge in [0.15, 0.2) is 0 Å². The van der Waals surface area contributed by atoms with Crippen molar-refractivity contribution in [2.24, 2.45) is 0 Å². The molecule has 0 bridgehead atoms. The van der Waals surface area contributed by atoms with Gasteiger partial charge in [0.1, 0.15) is 11.5 Å². The SMILES string of the molecule is c1ccc(N(c2ccc(-c3ccc4c(c3)-c3ccccc3C4(c3ccccc3)c3ccccc3)cc2)c2cccc(-c3cccc4c3-c3ccccc3C43c4ccccc4Oc4ccccc43)c2)cc1. The van der Waals surface area contributed by atoms with Crippen molar-refractivity contribution < 1.29 is 4.74 Å². The number of benzene rings is 11. The molecule has 70 heavy (non-hydrogen) atoms. The normalized spacial score (nSPS) is 13.8. The van der Waals surface area contributed by atoms with Gasteiger partial charge in [-0.3, -0.25) is 0 Å². The maximum Gasteiger partial charge on any atom is 0.132 e. The lowest BCUT2D eigenvalue weighted by Gasteiger charge is -2.39. The lowest BCUT2D eigenvalue weighted by atomic mass is 9.66. The first kappa shape index (κ1) is 40.1. The molecule has 11 aromatic carbocycles. The van der Waals surface area contributed by atoms with Gasteiger partial charge in [-0.05, 0) is 132 Å². The van der Waals surface area contributed by atoms with Crippen molar-refractivity contribution in [3.8, 4) is 56.0 Å². The molecule has 2 nitrogen and oxygen atoms in total. The largest absolute Gasteiger partial charge is 0.457 e. The zero-order valence-corrected chi connectivity index (χ0v) is 38.3. The van der Waals surface area contributed by atoms with Gasteiger partial charge in [0.05, 0.1) is 10.8 Å². The van der Waals surface area contributed by atoms with Gasteiger partial charge in [-0.1, -0.05) is 218 Å². The monoisotopic (exact) mass is 891 g/mol. The van der Waals surface area contributed by atoms with Gasteiger partial charge in [-0.2, -0.15) is 0 Å². The van der Waals surface area contributed by atoms with E-state index in [0.29, 0.717) is 0 Å². The third-order valence-electron chi connectivity index (χ3n) is 15.2. The van der Waals surface area contributed by atoms with Gasteiger partial charge in [0.2, 0.25) is 0 Å². The number of ether oxygens (including phenoxy) is 1. The molecule has 1 aliphatic heterocycles. The van der Waals surface area contributed by atoms with Crippen LogP contribution in [0.4, 0.5) is 17.1 Å². The molecule has 0 radical (unpaired) electrons. The van der Waals surface area contributed by atoms with Crippen LogP contribution in [-0.2, 0) is 10.8 Å². The molecule has 0 aromatic heterocycles. The molecule has 2 aliphatic carbocycles. The molecule has 1 heterocycles. The van der Waals surface area contributed by atoms with Crippen LogP contribution in [0.2, 0.25) is 0 Å². The molecular formula is C68H45NO. The summed E-state index contributed by atoms with van der Waals surface area (Å²) in [5.41, 5.74) is 22.2. The van der Waals surface area contributed by atoms with Crippen LogP contribution in [0.3, 0.4) is 0 Å². The Labute approximate surface area is 409 Å². The average Bonchev–Trinajstić information content (AvgIpc) is 3.91. The molecule has 3 aliphatic rings. The van der Waals surface area contributed by atoms with Gasteiger partial charge in [0.25, 0.3) is 0 Å². The molecule has 328 valence electrons. The van der Waals surface area contributed by atoms with Crippen molar-refractivity contribution in [3.63, 3.8) is 0 Å². The molecule has 0 saturated heterocycles. The lowest BCUT2D eigenvalue weighted by molar-refractivity contribution is 0.436. The highest BCUT2D eigenvalue weighted by molar-refractivity contribution is 5.97. The molecule has 0 saturated carbocycles. The number of fused-ring (bicyclic) bond motifs is 12. The van der Waals surface area contributed by atoms with E-state index in [4.69, 9.17) is 4.74 Å². The highest BCUT2D eigenvalue weighted by Gasteiger charge is 2.51. The summed E-state index contributed by atoms with van der Waals surface area (Å²) in [4.78, 5) is 2.38. The van der Waals surface area contributed by atoms with Crippen LogP contribution in [0, 0.1) is 0 Å². The third kappa shape index (κ3) is 5.74. The number of hydrogen-bond acceptors (Lipinski definition) is 2. The van der Waals surface area contributed by atoms with Crippen molar-refractivity contribution in [2.45, 2.75) is 10.8 Å². The van der Waals surface area contributed by atoms with E-state index in [-0.39, 0.29) is 0 Å². The van der Waals surface area contributed by atoms with E-state index in [1.54, 1.807) is 0 Å². The molecule has 0 amide bonds. The van der Waals surface area contributed by atoms with E-state index in [1.165, 1.54) is 83.5 Å². The molecule has 0 N–H and O–H groups in total. The number of hydrogen-bond donors (Lipinski definition) is 0. The highest BCUT2D eigenvalue weighted by atomic mass is 16.5. The predicted molar refractivity (Wildman–Crippen MR) is 287 cm³/mol. The van der Waals surface area contributed by atoms with Gasteiger partial charge in [-0.25, -0.2) is 0 Å². The van der Waals surface area contributed by atoms with Crippen LogP contribution >= 0.6 is 0 Å². The molecule has 11 aromatic rings. The van der Waals surface area contributed by atoms with Crippen molar-refractivity contribution in [1.82, 2.24) is 0 Å². The van der Waals surface area contributed by atoms with Crippen LogP contribution in [0.25, 0.3) is 44.5 Å². The number of nitrogens with zero attached hydrogens (tertiary/aromatic N) is 1. The maximum atomic E-state index is 6.63. The second-order valence-electron chi connectivity index (χ2n) is 18.7. The molecule has 0 fully saturated rings. The maximum absolute atomic E-state index is 6.63. The Morgan fingerprint density at radius 1 is 0.257 bits per heavy atom. The summed E-state index contributed by atoms with van der Waals surface area (Å²) in [6, 6.07) is 100. The van der Waals surface area contributed by atoms with Crippen LogP contribution in [0.5, 0.6) is 11.5 Å². The average molecular weight is 892 g/mol. The zero-order chi connectivity index (χ0) is 46.2. The fourth-order valence-corrected chi connectivity index (χ4v) is 12.4. The topological polar surface area (TPSA) is 12.5 Å². The van der Waals surface area contributed by atoms with Crippen molar-refractivity contribution in [1.29, 1.82) is 0 Å². The van der Waals surface area contributed by atoms with Crippen molar-refractivity contribution >= 4 is 17.1 Å². The van der Waals surface area contributed by atoms with Crippen LogP contribution in [0.15, 0.2) is 273 Å². The van der Waals surface area contributed by atoms with Crippen LogP contribution in [0.1, 0.15) is 44.5 Å². The smallest absolute Gasteiger partial charge is 0.132 e. The summed E-state index contributed by atoms with van der Waals surface area (Å²) in [5, 5.41) is 0. The van der Waals surface area contributed by atoms with Crippen molar-refractivity contribution in [2.75, 3.05) is 4.90 Å². The van der Waals surface area contributed by atoms with E-state index >= 15 is 0 Å². The van der Waals surface area contributed by atoms with Gasteiger partial charge < -0.3 is 9.64 Å². The summed E-state index contributed by atoms with van der Waals surface area (Å²) in [7, 11) is 0. The number of anilines is 3. The molecule has 0 unspecified atom stereocenters. The highest BCUT2D eigenvalue weighted by Crippen LogP contribution is 2.63. The summed E-state index contributed by atoms with van der Waals surface area (Å²) in [6.45, 7) is 0. The van der Waals surface area contributed by atoms with Crippen LogP contribution < -0.4 is 9.64 Å². The summed E-state index contributed by atoms with van der Waals surface area (Å²) >= 11 is 0. The first-order valence-electron chi connectivity index (χ1n) is 24.2. The molecule has 2 heteroatoms. The second-order valence-corrected chi connectivity index (χ2v) is 18.7. The van der Waals surface area contributed by atoms with Gasteiger partial charge >= 0.3 is 0 Å². The quantitative estimate of drug-likeness (QED) is 0.158. The Kier molecular flexibility index (Phi) is 9.06. The Morgan fingerprint density at radius 3 is 1.40 bits per heavy atom. The van der Waals surface area contributed by atoms with E-state index in [1.807, 2.05) is 0 Å². The summed E-state index contributed by atoms with van der Waals surface area (Å²) < 4.78 is 6.63. The Balaban J connectivity index is 0.878. The Morgan fingerprint density at radius 2 is 0.729 bits per heavy atom. The summed E-state index contributed by atoms with van der Waals surface area (Å²) in [5.74, 6) is 1.80. The van der Waals surface area contributed by atoms with E-state index in [9.17, 15) is 0 Å². The van der Waals surface area contributed by atoms with Crippen LogP contribution in [-0.4, -0.2) is 0 Å². The van der Waals surface area contributed by atoms with E-state index in [2.05, 4.69) is 278 Å². The summed E-state index contributed by atoms with van der Waals surface area (Å²) in [6.07, 6.45) is 0. The predicted octanol–water partition coefficient (Wildman–Crippen LogP) is 17.3. The Hall–Kier alpha value is -8.98. The Bertz CT molecular complexity index is 3720. The minimum Gasteiger partial charge on any atom is -0.457 e. The fraction of sp³-hybridized carbons (Fsp3) is 0.0294.